The summed E-state index contributed by atoms with van der Waals surface area (Å²) in [6, 6.07) is 14.4. The maximum absolute atomic E-state index is 13.3. The van der Waals surface area contributed by atoms with Crippen molar-refractivity contribution in [3.8, 4) is 0 Å². The maximum Gasteiger partial charge on any atom is 0.417 e. The standard InChI is InChI=1S/C19H18F3NO/c1-13(2)15-10-6-7-11-17(15)23-18(24)12-16(19(20,21)22)14-8-4-3-5-9-14/h3-13H,1-2H3,(H,23,24)/b16-12-. The number of carbonyl (C=O) groups excluding carboxylic acids is 1. The summed E-state index contributed by atoms with van der Waals surface area (Å²) in [4.78, 5) is 12.1. The quantitative estimate of drug-likeness (QED) is 0.746. The van der Waals surface area contributed by atoms with Crippen LogP contribution < -0.4 is 5.32 Å². The Kier molecular flexibility index (Phi) is 5.44. The van der Waals surface area contributed by atoms with Gasteiger partial charge in [0, 0.05) is 11.8 Å². The molecule has 2 aromatic carbocycles. The van der Waals surface area contributed by atoms with E-state index in [0.29, 0.717) is 11.8 Å². The van der Waals surface area contributed by atoms with Gasteiger partial charge in [-0.2, -0.15) is 13.2 Å². The summed E-state index contributed by atoms with van der Waals surface area (Å²) < 4.78 is 39.8. The fourth-order valence-electron chi connectivity index (χ4n) is 2.36. The Balaban J connectivity index is 2.33. The minimum atomic E-state index is -4.61. The summed E-state index contributed by atoms with van der Waals surface area (Å²) in [6.45, 7) is 3.90. The average Bonchev–Trinajstić information content (AvgIpc) is 2.52. The minimum absolute atomic E-state index is 0.0442. The number of rotatable bonds is 4. The molecule has 0 saturated heterocycles. The molecule has 0 unspecified atom stereocenters. The van der Waals surface area contributed by atoms with Crippen LogP contribution in [0.5, 0.6) is 0 Å². The molecular formula is C19H18F3NO. The van der Waals surface area contributed by atoms with Gasteiger partial charge in [0.1, 0.15) is 0 Å². The molecule has 0 aliphatic carbocycles. The smallest absolute Gasteiger partial charge is 0.322 e. The number of benzene rings is 2. The van der Waals surface area contributed by atoms with Gasteiger partial charge in [-0.1, -0.05) is 62.4 Å². The number of amides is 1. The van der Waals surface area contributed by atoms with Crippen LogP contribution in [0.25, 0.3) is 5.57 Å². The second-order valence-electron chi connectivity index (χ2n) is 5.65. The van der Waals surface area contributed by atoms with Crippen LogP contribution in [0.2, 0.25) is 0 Å². The van der Waals surface area contributed by atoms with E-state index in [2.05, 4.69) is 5.32 Å². The van der Waals surface area contributed by atoms with Crippen molar-refractivity contribution < 1.29 is 18.0 Å². The number of hydrogen-bond acceptors (Lipinski definition) is 1. The van der Waals surface area contributed by atoms with Crippen LogP contribution in [0.3, 0.4) is 0 Å². The minimum Gasteiger partial charge on any atom is -0.322 e. The monoisotopic (exact) mass is 333 g/mol. The average molecular weight is 333 g/mol. The van der Waals surface area contributed by atoms with E-state index in [1.807, 2.05) is 26.0 Å². The number of carbonyl (C=O) groups is 1. The van der Waals surface area contributed by atoms with E-state index in [1.54, 1.807) is 18.2 Å². The number of nitrogens with one attached hydrogen (secondary N) is 1. The fourth-order valence-corrected chi connectivity index (χ4v) is 2.36. The Morgan fingerprint density at radius 1 is 1.00 bits per heavy atom. The molecule has 0 saturated carbocycles. The van der Waals surface area contributed by atoms with E-state index in [9.17, 15) is 18.0 Å². The first-order valence-corrected chi connectivity index (χ1v) is 7.53. The SMILES string of the molecule is CC(C)c1ccccc1NC(=O)/C=C(/c1ccccc1)C(F)(F)F. The molecule has 0 radical (unpaired) electrons. The topological polar surface area (TPSA) is 29.1 Å². The summed E-state index contributed by atoms with van der Waals surface area (Å²) in [7, 11) is 0. The summed E-state index contributed by atoms with van der Waals surface area (Å²) in [5.74, 6) is -0.666. The van der Waals surface area contributed by atoms with E-state index < -0.39 is 17.7 Å². The van der Waals surface area contributed by atoms with Crippen LogP contribution in [0.4, 0.5) is 18.9 Å². The van der Waals surface area contributed by atoms with Gasteiger partial charge in [-0.3, -0.25) is 4.79 Å². The van der Waals surface area contributed by atoms with E-state index in [0.717, 1.165) is 5.56 Å². The molecule has 2 rings (SSSR count). The van der Waals surface area contributed by atoms with Gasteiger partial charge in [-0.15, -0.1) is 0 Å². The fraction of sp³-hybridized carbons (Fsp3) is 0.211. The van der Waals surface area contributed by atoms with Gasteiger partial charge >= 0.3 is 6.18 Å². The van der Waals surface area contributed by atoms with Gasteiger partial charge in [0.25, 0.3) is 0 Å². The molecule has 0 aliphatic heterocycles. The summed E-state index contributed by atoms with van der Waals surface area (Å²) >= 11 is 0. The lowest BCUT2D eigenvalue weighted by atomic mass is 10.0. The second-order valence-corrected chi connectivity index (χ2v) is 5.65. The molecule has 0 spiro atoms. The van der Waals surface area contributed by atoms with Crippen molar-refractivity contribution >= 4 is 17.2 Å². The third-order valence-electron chi connectivity index (χ3n) is 3.51. The van der Waals surface area contributed by atoms with Crippen molar-refractivity contribution in [1.29, 1.82) is 0 Å². The number of hydrogen-bond donors (Lipinski definition) is 1. The van der Waals surface area contributed by atoms with Gasteiger partial charge in [-0.05, 0) is 23.1 Å². The van der Waals surface area contributed by atoms with E-state index in [4.69, 9.17) is 0 Å². The normalized spacial score (nSPS) is 12.3. The largest absolute Gasteiger partial charge is 0.417 e. The highest BCUT2D eigenvalue weighted by Crippen LogP contribution is 2.34. The molecule has 2 aromatic rings. The number of para-hydroxylation sites is 1. The Bertz CT molecular complexity index is 734. The lowest BCUT2D eigenvalue weighted by Crippen LogP contribution is -2.16. The Morgan fingerprint density at radius 3 is 2.17 bits per heavy atom. The molecule has 5 heteroatoms. The zero-order valence-electron chi connectivity index (χ0n) is 13.4. The van der Waals surface area contributed by atoms with Crippen molar-refractivity contribution in [2.45, 2.75) is 25.9 Å². The molecule has 0 heterocycles. The number of halogens is 3. The van der Waals surface area contributed by atoms with Gasteiger partial charge < -0.3 is 5.32 Å². The highest BCUT2D eigenvalue weighted by molar-refractivity contribution is 6.05. The van der Waals surface area contributed by atoms with Crippen LogP contribution in [0.15, 0.2) is 60.7 Å². The van der Waals surface area contributed by atoms with E-state index in [1.165, 1.54) is 24.3 Å². The van der Waals surface area contributed by atoms with Crippen molar-refractivity contribution in [3.05, 3.63) is 71.8 Å². The van der Waals surface area contributed by atoms with Crippen molar-refractivity contribution in [2.75, 3.05) is 5.32 Å². The van der Waals surface area contributed by atoms with Crippen LogP contribution in [-0.4, -0.2) is 12.1 Å². The highest BCUT2D eigenvalue weighted by atomic mass is 19.4. The Labute approximate surface area is 139 Å². The van der Waals surface area contributed by atoms with Gasteiger partial charge in [0.05, 0.1) is 5.57 Å². The van der Waals surface area contributed by atoms with Crippen molar-refractivity contribution in [2.24, 2.45) is 0 Å². The van der Waals surface area contributed by atoms with Crippen molar-refractivity contribution in [1.82, 2.24) is 0 Å². The number of alkyl halides is 3. The molecule has 2 nitrogen and oxygen atoms in total. The first-order chi connectivity index (χ1) is 11.3. The van der Waals surface area contributed by atoms with Gasteiger partial charge in [0.15, 0.2) is 0 Å². The van der Waals surface area contributed by atoms with Gasteiger partial charge in [0.2, 0.25) is 5.91 Å². The number of allylic oxidation sites excluding steroid dienone is 1. The zero-order valence-corrected chi connectivity index (χ0v) is 13.4. The lowest BCUT2D eigenvalue weighted by molar-refractivity contribution is -0.112. The lowest BCUT2D eigenvalue weighted by Gasteiger charge is -2.14. The molecule has 0 bridgehead atoms. The third-order valence-corrected chi connectivity index (χ3v) is 3.51. The van der Waals surface area contributed by atoms with Gasteiger partial charge in [-0.25, -0.2) is 0 Å². The Hall–Kier alpha value is -2.56. The molecule has 0 aromatic heterocycles. The van der Waals surface area contributed by atoms with Crippen LogP contribution in [0.1, 0.15) is 30.9 Å². The molecular weight excluding hydrogens is 315 g/mol. The summed E-state index contributed by atoms with van der Waals surface area (Å²) in [5.41, 5.74) is 0.371. The first-order valence-electron chi connectivity index (χ1n) is 7.53. The molecule has 0 aliphatic rings. The predicted octanol–water partition coefficient (Wildman–Crippen LogP) is 5.39. The van der Waals surface area contributed by atoms with Crippen molar-refractivity contribution in [3.63, 3.8) is 0 Å². The molecule has 1 amide bonds. The van der Waals surface area contributed by atoms with Crippen LogP contribution in [-0.2, 0) is 4.79 Å². The van der Waals surface area contributed by atoms with E-state index in [-0.39, 0.29) is 11.5 Å². The molecule has 0 fully saturated rings. The Morgan fingerprint density at radius 2 is 1.58 bits per heavy atom. The molecule has 24 heavy (non-hydrogen) atoms. The molecule has 126 valence electrons. The summed E-state index contributed by atoms with van der Waals surface area (Å²) in [5, 5.41) is 2.55. The third kappa shape index (κ3) is 4.47. The molecule has 0 atom stereocenters. The molecule has 1 N–H and O–H groups in total. The summed E-state index contributed by atoms with van der Waals surface area (Å²) in [6.07, 6.45) is -4.01. The second kappa shape index (κ2) is 7.34. The highest BCUT2D eigenvalue weighted by Gasteiger charge is 2.35. The maximum atomic E-state index is 13.3. The van der Waals surface area contributed by atoms with Crippen LogP contribution in [0, 0.1) is 0 Å². The first kappa shape index (κ1) is 17.8. The predicted molar refractivity (Wildman–Crippen MR) is 89.6 cm³/mol. The van der Waals surface area contributed by atoms with Crippen LogP contribution >= 0.6 is 0 Å². The van der Waals surface area contributed by atoms with E-state index >= 15 is 0 Å². The number of anilines is 1. The zero-order chi connectivity index (χ0) is 17.7.